The maximum Gasteiger partial charge on any atom is 0.209 e. The molecule has 0 aliphatic rings. The van der Waals surface area contributed by atoms with E-state index >= 15 is 0 Å². The molecule has 0 amide bonds. The van der Waals surface area contributed by atoms with Crippen LogP contribution in [0.5, 0.6) is 0 Å². The molecule has 0 saturated carbocycles. The summed E-state index contributed by atoms with van der Waals surface area (Å²) in [4.78, 5) is 21.1. The molecule has 0 radical (unpaired) electrons. The van der Waals surface area contributed by atoms with Gasteiger partial charge in [-0.25, -0.2) is 13.8 Å². The Hall–Kier alpha value is -4.20. The number of halogens is 1. The van der Waals surface area contributed by atoms with Crippen molar-refractivity contribution in [2.75, 3.05) is 0 Å². The summed E-state index contributed by atoms with van der Waals surface area (Å²) in [6, 6.07) is 11.2. The third kappa shape index (κ3) is 3.04. The van der Waals surface area contributed by atoms with Gasteiger partial charge < -0.3 is 0 Å². The first-order valence-corrected chi connectivity index (χ1v) is 9.21. The predicted octanol–water partition coefficient (Wildman–Crippen LogP) is 3.48. The Labute approximate surface area is 170 Å². The van der Waals surface area contributed by atoms with Crippen LogP contribution in [0.15, 0.2) is 78.2 Å². The Balaban J connectivity index is 1.71. The molecule has 0 saturated heterocycles. The van der Waals surface area contributed by atoms with Gasteiger partial charge in [-0.1, -0.05) is 0 Å². The topological polar surface area (TPSA) is 78.5 Å². The number of hydrogen-bond acceptors (Lipinski definition) is 5. The van der Waals surface area contributed by atoms with Crippen LogP contribution >= 0.6 is 0 Å². The second kappa shape index (κ2) is 7.00. The van der Waals surface area contributed by atoms with E-state index in [2.05, 4.69) is 20.2 Å². The van der Waals surface area contributed by atoms with Gasteiger partial charge in [0.15, 0.2) is 5.69 Å². The number of hydrogen-bond donors (Lipinski definition) is 0. The highest BCUT2D eigenvalue weighted by atomic mass is 19.1. The van der Waals surface area contributed by atoms with Gasteiger partial charge >= 0.3 is 0 Å². The highest BCUT2D eigenvalue weighted by Crippen LogP contribution is 2.25. The second-order valence-corrected chi connectivity index (χ2v) is 6.81. The molecule has 0 atom stereocenters. The van der Waals surface area contributed by atoms with E-state index in [4.69, 9.17) is 0 Å². The molecule has 4 aromatic heterocycles. The van der Waals surface area contributed by atoms with Crippen LogP contribution in [-0.4, -0.2) is 29.5 Å². The van der Waals surface area contributed by atoms with Crippen molar-refractivity contribution in [3.63, 3.8) is 0 Å². The number of aromatic nitrogens is 6. The lowest BCUT2D eigenvalue weighted by Crippen LogP contribution is -2.15. The van der Waals surface area contributed by atoms with Gasteiger partial charge in [-0.3, -0.25) is 14.8 Å². The third-order valence-electron chi connectivity index (χ3n) is 4.73. The SMILES string of the molecule is Cc1cncc(-n2ccc(=O)c(-c3ccnn3-c3ccnc4ccc(F)cc34)n2)c1. The Morgan fingerprint density at radius 1 is 1.00 bits per heavy atom. The van der Waals surface area contributed by atoms with Gasteiger partial charge in [0.1, 0.15) is 5.82 Å². The molecule has 5 rings (SSSR count). The van der Waals surface area contributed by atoms with Gasteiger partial charge in [-0.05, 0) is 48.9 Å². The lowest BCUT2D eigenvalue weighted by Gasteiger charge is -2.11. The molecule has 7 nitrogen and oxygen atoms in total. The molecule has 0 spiro atoms. The maximum absolute atomic E-state index is 13.9. The van der Waals surface area contributed by atoms with Crippen LogP contribution in [0.3, 0.4) is 0 Å². The molecule has 4 heterocycles. The smallest absolute Gasteiger partial charge is 0.209 e. The lowest BCUT2D eigenvalue weighted by atomic mass is 10.1. The molecule has 5 aromatic rings. The van der Waals surface area contributed by atoms with E-state index in [9.17, 15) is 9.18 Å². The van der Waals surface area contributed by atoms with Crippen molar-refractivity contribution >= 4 is 10.9 Å². The highest BCUT2D eigenvalue weighted by Gasteiger charge is 2.16. The fraction of sp³-hybridized carbons (Fsp3) is 0.0455. The molecular formula is C22H15FN6O. The van der Waals surface area contributed by atoms with E-state index in [-0.39, 0.29) is 16.9 Å². The van der Waals surface area contributed by atoms with Crippen molar-refractivity contribution in [3.8, 4) is 22.8 Å². The maximum atomic E-state index is 13.9. The van der Waals surface area contributed by atoms with Crippen LogP contribution in [-0.2, 0) is 0 Å². The Morgan fingerprint density at radius 3 is 2.77 bits per heavy atom. The summed E-state index contributed by atoms with van der Waals surface area (Å²) in [5.41, 5.74) is 3.40. The first kappa shape index (κ1) is 17.9. The second-order valence-electron chi connectivity index (χ2n) is 6.81. The summed E-state index contributed by atoms with van der Waals surface area (Å²) < 4.78 is 17.1. The van der Waals surface area contributed by atoms with Crippen LogP contribution in [0.1, 0.15) is 5.56 Å². The van der Waals surface area contributed by atoms with Gasteiger partial charge in [0.25, 0.3) is 0 Å². The fourth-order valence-electron chi connectivity index (χ4n) is 3.36. The summed E-state index contributed by atoms with van der Waals surface area (Å²) in [6.07, 6.45) is 8.21. The van der Waals surface area contributed by atoms with E-state index in [1.54, 1.807) is 58.5 Å². The summed E-state index contributed by atoms with van der Waals surface area (Å²) >= 11 is 0. The van der Waals surface area contributed by atoms with Gasteiger partial charge in [-0.15, -0.1) is 0 Å². The first-order valence-electron chi connectivity index (χ1n) is 9.21. The number of aryl methyl sites for hydroxylation is 1. The van der Waals surface area contributed by atoms with E-state index in [1.807, 2.05) is 13.0 Å². The van der Waals surface area contributed by atoms with E-state index in [1.165, 1.54) is 18.2 Å². The monoisotopic (exact) mass is 398 g/mol. The quantitative estimate of drug-likeness (QED) is 0.465. The van der Waals surface area contributed by atoms with Gasteiger partial charge in [0, 0.05) is 30.0 Å². The molecule has 0 aliphatic heterocycles. The predicted molar refractivity (Wildman–Crippen MR) is 110 cm³/mol. The number of pyridine rings is 2. The zero-order valence-electron chi connectivity index (χ0n) is 15.9. The molecule has 30 heavy (non-hydrogen) atoms. The minimum absolute atomic E-state index is 0.220. The van der Waals surface area contributed by atoms with Crippen LogP contribution in [0.2, 0.25) is 0 Å². The number of fused-ring (bicyclic) bond motifs is 1. The molecule has 0 fully saturated rings. The lowest BCUT2D eigenvalue weighted by molar-refractivity contribution is 0.629. The summed E-state index contributed by atoms with van der Waals surface area (Å²) in [5, 5.41) is 9.47. The third-order valence-corrected chi connectivity index (χ3v) is 4.73. The number of benzene rings is 1. The van der Waals surface area contributed by atoms with Crippen LogP contribution in [0.4, 0.5) is 4.39 Å². The van der Waals surface area contributed by atoms with Crippen LogP contribution in [0.25, 0.3) is 33.7 Å². The van der Waals surface area contributed by atoms with Crippen molar-refractivity contribution in [1.29, 1.82) is 0 Å². The zero-order valence-corrected chi connectivity index (χ0v) is 15.9. The highest BCUT2D eigenvalue weighted by molar-refractivity contribution is 5.87. The minimum Gasteiger partial charge on any atom is -0.287 e. The average Bonchev–Trinajstić information content (AvgIpc) is 3.23. The molecular weight excluding hydrogens is 383 g/mol. The zero-order chi connectivity index (χ0) is 20.7. The van der Waals surface area contributed by atoms with Crippen molar-refractivity contribution in [3.05, 3.63) is 95.1 Å². The Kier molecular flexibility index (Phi) is 4.17. The molecule has 146 valence electrons. The molecule has 0 bridgehead atoms. The Morgan fingerprint density at radius 2 is 1.90 bits per heavy atom. The molecule has 0 N–H and O–H groups in total. The minimum atomic E-state index is -0.377. The normalized spacial score (nSPS) is 11.1. The summed E-state index contributed by atoms with van der Waals surface area (Å²) in [7, 11) is 0. The largest absolute Gasteiger partial charge is 0.287 e. The molecule has 0 aliphatic carbocycles. The van der Waals surface area contributed by atoms with Crippen molar-refractivity contribution in [1.82, 2.24) is 29.5 Å². The van der Waals surface area contributed by atoms with Gasteiger partial charge in [0.2, 0.25) is 5.43 Å². The van der Waals surface area contributed by atoms with Crippen molar-refractivity contribution in [2.24, 2.45) is 0 Å². The van der Waals surface area contributed by atoms with E-state index in [0.29, 0.717) is 22.3 Å². The molecule has 0 unspecified atom stereocenters. The van der Waals surface area contributed by atoms with Crippen LogP contribution in [0, 0.1) is 12.7 Å². The first-order chi connectivity index (χ1) is 14.6. The van der Waals surface area contributed by atoms with E-state index < -0.39 is 0 Å². The molecule has 8 heteroatoms. The van der Waals surface area contributed by atoms with E-state index in [0.717, 1.165) is 11.3 Å². The fourth-order valence-corrected chi connectivity index (χ4v) is 3.36. The summed E-state index contributed by atoms with van der Waals surface area (Å²) in [6.45, 7) is 1.93. The molecule has 1 aromatic carbocycles. The van der Waals surface area contributed by atoms with Crippen molar-refractivity contribution in [2.45, 2.75) is 6.92 Å². The average molecular weight is 398 g/mol. The van der Waals surface area contributed by atoms with Gasteiger partial charge in [0.05, 0.1) is 35.0 Å². The van der Waals surface area contributed by atoms with Crippen molar-refractivity contribution < 1.29 is 4.39 Å². The summed E-state index contributed by atoms with van der Waals surface area (Å²) in [5.74, 6) is -0.377. The van der Waals surface area contributed by atoms with Crippen LogP contribution < -0.4 is 5.43 Å². The standard InChI is InChI=1S/C22H15FN6O/c1-14-10-16(13-24-12-14)28-9-6-21(30)22(27-28)20-5-8-26-29(20)19-4-7-25-18-3-2-15(23)11-17(18)19/h2-13H,1H3. The van der Waals surface area contributed by atoms with Gasteiger partial charge in [-0.2, -0.15) is 10.2 Å². The number of nitrogens with zero attached hydrogens (tertiary/aromatic N) is 6. The Bertz CT molecular complexity index is 1460. The number of rotatable bonds is 3.